The van der Waals surface area contributed by atoms with Gasteiger partial charge in [-0.1, -0.05) is 13.8 Å². The molecule has 8 heteroatoms. The van der Waals surface area contributed by atoms with Crippen molar-refractivity contribution in [3.8, 4) is 17.0 Å². The van der Waals surface area contributed by atoms with Gasteiger partial charge in [0.05, 0.1) is 17.4 Å². The predicted molar refractivity (Wildman–Crippen MR) is 120 cm³/mol. The molecule has 176 valence electrons. The van der Waals surface area contributed by atoms with E-state index in [4.69, 9.17) is 9.47 Å². The van der Waals surface area contributed by atoms with Crippen molar-refractivity contribution >= 4 is 6.09 Å². The molecule has 2 heterocycles. The molecule has 2 aromatic heterocycles. The van der Waals surface area contributed by atoms with Crippen molar-refractivity contribution in [2.75, 3.05) is 6.61 Å². The zero-order valence-electron chi connectivity index (χ0n) is 19.8. The molecule has 0 bridgehead atoms. The summed E-state index contributed by atoms with van der Waals surface area (Å²) in [5, 5.41) is 2.94. The van der Waals surface area contributed by atoms with Gasteiger partial charge < -0.3 is 14.8 Å². The predicted octanol–water partition coefficient (Wildman–Crippen LogP) is 6.10. The first-order chi connectivity index (χ1) is 14.8. The molecule has 2 aromatic rings. The van der Waals surface area contributed by atoms with Gasteiger partial charge in [0.1, 0.15) is 23.7 Å². The number of aromatic nitrogens is 2. The van der Waals surface area contributed by atoms with E-state index in [1.807, 2.05) is 34.6 Å². The van der Waals surface area contributed by atoms with Crippen LogP contribution in [0.4, 0.5) is 13.6 Å². The number of halogens is 2. The molecular weight excluding hydrogens is 416 g/mol. The van der Waals surface area contributed by atoms with Crippen molar-refractivity contribution in [2.45, 2.75) is 72.5 Å². The molecule has 0 fully saturated rings. The smallest absolute Gasteiger partial charge is 0.408 e. The first kappa shape index (κ1) is 25.5. The Bertz CT molecular complexity index is 929. The second-order valence-electron chi connectivity index (χ2n) is 9.68. The number of amides is 1. The summed E-state index contributed by atoms with van der Waals surface area (Å²) < 4.78 is 37.3. The number of ether oxygens (including phenoxy) is 2. The van der Waals surface area contributed by atoms with Crippen molar-refractivity contribution in [1.82, 2.24) is 15.3 Å². The average molecular weight is 450 g/mol. The van der Waals surface area contributed by atoms with E-state index in [1.54, 1.807) is 18.3 Å². The summed E-state index contributed by atoms with van der Waals surface area (Å²) in [6.07, 6.45) is 0.454. The van der Waals surface area contributed by atoms with Crippen LogP contribution >= 0.6 is 0 Å². The summed E-state index contributed by atoms with van der Waals surface area (Å²) in [5.74, 6) is 0.869. The molecule has 0 unspecified atom stereocenters. The minimum absolute atomic E-state index is 0.219. The first-order valence-electron chi connectivity index (χ1n) is 10.6. The minimum atomic E-state index is -2.64. The summed E-state index contributed by atoms with van der Waals surface area (Å²) in [6.45, 7) is 13.6. The number of hydrogen-bond acceptors (Lipinski definition) is 5. The minimum Gasteiger partial charge on any atom is -0.489 e. The van der Waals surface area contributed by atoms with Crippen molar-refractivity contribution in [1.29, 1.82) is 0 Å². The van der Waals surface area contributed by atoms with E-state index in [-0.39, 0.29) is 12.3 Å². The Kier molecular flexibility index (Phi) is 8.15. The molecule has 1 amide bonds. The zero-order chi connectivity index (χ0) is 24.1. The molecule has 2 rings (SSSR count). The van der Waals surface area contributed by atoms with E-state index >= 15 is 0 Å². The number of carbonyl (C=O) groups is 1. The topological polar surface area (TPSA) is 73.3 Å². The fraction of sp³-hybridized carbons (Fsp3) is 0.542. The molecule has 0 aliphatic rings. The molecule has 0 aliphatic carbocycles. The van der Waals surface area contributed by atoms with E-state index in [1.165, 1.54) is 12.3 Å². The van der Waals surface area contributed by atoms with E-state index in [2.05, 4.69) is 29.1 Å². The van der Waals surface area contributed by atoms with Gasteiger partial charge in [-0.05, 0) is 70.7 Å². The lowest BCUT2D eigenvalue weighted by Crippen LogP contribution is -2.52. The van der Waals surface area contributed by atoms with Crippen LogP contribution < -0.4 is 10.1 Å². The fourth-order valence-corrected chi connectivity index (χ4v) is 3.41. The van der Waals surface area contributed by atoms with E-state index in [0.717, 1.165) is 5.56 Å². The average Bonchev–Trinajstić information content (AvgIpc) is 2.64. The van der Waals surface area contributed by atoms with Crippen LogP contribution in [0.1, 0.15) is 65.6 Å². The fourth-order valence-electron chi connectivity index (χ4n) is 3.41. The van der Waals surface area contributed by atoms with Crippen LogP contribution in [0, 0.1) is 12.8 Å². The Labute approximate surface area is 188 Å². The molecule has 0 spiro atoms. The van der Waals surface area contributed by atoms with Crippen LogP contribution in [-0.2, 0) is 4.74 Å². The van der Waals surface area contributed by atoms with Crippen molar-refractivity contribution < 1.29 is 23.0 Å². The lowest BCUT2D eigenvalue weighted by molar-refractivity contribution is 0.0407. The molecule has 0 aliphatic heterocycles. The second kappa shape index (κ2) is 10.2. The molecule has 0 radical (unpaired) electrons. The first-order valence-corrected chi connectivity index (χ1v) is 10.6. The van der Waals surface area contributed by atoms with Crippen molar-refractivity contribution in [3.63, 3.8) is 0 Å². The number of nitrogens with one attached hydrogen (secondary N) is 1. The number of nitrogens with zero attached hydrogens (tertiary/aromatic N) is 2. The van der Waals surface area contributed by atoms with Crippen molar-refractivity contribution in [3.05, 3.63) is 41.9 Å². The van der Waals surface area contributed by atoms with Gasteiger partial charge in [-0.15, -0.1) is 0 Å². The number of aryl methyl sites for hydroxylation is 1. The van der Waals surface area contributed by atoms with Crippen LogP contribution in [0.25, 0.3) is 11.3 Å². The maximum atomic E-state index is 12.9. The summed E-state index contributed by atoms with van der Waals surface area (Å²) >= 11 is 0. The Morgan fingerprint density at radius 1 is 1.16 bits per heavy atom. The number of rotatable bonds is 8. The number of pyridine rings is 2. The van der Waals surface area contributed by atoms with E-state index in [0.29, 0.717) is 29.3 Å². The van der Waals surface area contributed by atoms with Gasteiger partial charge in [0, 0.05) is 11.8 Å². The van der Waals surface area contributed by atoms with Gasteiger partial charge in [-0.25, -0.2) is 13.6 Å². The summed E-state index contributed by atoms with van der Waals surface area (Å²) in [5.41, 5.74) is 0.363. The van der Waals surface area contributed by atoms with Gasteiger partial charge in [0.2, 0.25) is 0 Å². The van der Waals surface area contributed by atoms with Gasteiger partial charge >= 0.3 is 6.09 Å². The highest BCUT2D eigenvalue weighted by Crippen LogP contribution is 2.27. The Hall–Kier alpha value is -2.77. The lowest BCUT2D eigenvalue weighted by Gasteiger charge is -2.33. The number of carbonyl (C=O) groups excluding carboxylic acids is 1. The molecular formula is C24H33F2N3O3. The Morgan fingerprint density at radius 2 is 1.84 bits per heavy atom. The maximum absolute atomic E-state index is 12.9. The molecule has 0 aromatic carbocycles. The van der Waals surface area contributed by atoms with Crippen LogP contribution in [-0.4, -0.2) is 33.8 Å². The zero-order valence-corrected chi connectivity index (χ0v) is 19.8. The van der Waals surface area contributed by atoms with Gasteiger partial charge in [-0.2, -0.15) is 0 Å². The van der Waals surface area contributed by atoms with Crippen LogP contribution in [0.3, 0.4) is 0 Å². The quantitative estimate of drug-likeness (QED) is 0.527. The van der Waals surface area contributed by atoms with E-state index < -0.39 is 23.7 Å². The van der Waals surface area contributed by atoms with Crippen LogP contribution in [0.15, 0.2) is 30.6 Å². The summed E-state index contributed by atoms with van der Waals surface area (Å²) in [4.78, 5) is 20.4. The normalized spacial score (nSPS) is 13.7. The maximum Gasteiger partial charge on any atom is 0.408 e. The molecule has 1 N–H and O–H groups in total. The summed E-state index contributed by atoms with van der Waals surface area (Å²) in [7, 11) is 0. The van der Waals surface area contributed by atoms with Gasteiger partial charge in [0.15, 0.2) is 0 Å². The Balaban J connectivity index is 2.16. The third-order valence-corrected chi connectivity index (χ3v) is 4.57. The monoisotopic (exact) mass is 449 g/mol. The molecule has 6 nitrogen and oxygen atoms in total. The van der Waals surface area contributed by atoms with Crippen LogP contribution in [0.5, 0.6) is 5.75 Å². The highest BCUT2D eigenvalue weighted by atomic mass is 19.3. The molecule has 0 saturated carbocycles. The van der Waals surface area contributed by atoms with Crippen molar-refractivity contribution in [2.24, 2.45) is 5.92 Å². The SMILES string of the molecule is Cc1cc(-c2ccnc(C(F)F)c2)ncc1OC[C@](C)(CC(C)C)NC(=O)OC(C)(C)C. The molecule has 0 saturated heterocycles. The standard InChI is InChI=1S/C24H33F2N3O3/c1-15(2)12-24(7,29-22(30)32-23(4,5)6)14-31-20-13-28-18(10-16(20)3)17-8-9-27-19(11-17)21(25)26/h8-11,13,15,21H,12,14H2,1-7H3,(H,29,30)/t24-/m0/s1. The highest BCUT2D eigenvalue weighted by molar-refractivity contribution is 5.68. The number of alkyl halides is 2. The van der Waals surface area contributed by atoms with E-state index in [9.17, 15) is 13.6 Å². The highest BCUT2D eigenvalue weighted by Gasteiger charge is 2.31. The molecule has 32 heavy (non-hydrogen) atoms. The molecule has 1 atom stereocenters. The van der Waals surface area contributed by atoms with Gasteiger partial charge in [-0.3, -0.25) is 9.97 Å². The van der Waals surface area contributed by atoms with Gasteiger partial charge in [0.25, 0.3) is 6.43 Å². The third kappa shape index (κ3) is 7.73. The second-order valence-corrected chi connectivity index (χ2v) is 9.68. The largest absolute Gasteiger partial charge is 0.489 e. The number of hydrogen-bond donors (Lipinski definition) is 1. The van der Waals surface area contributed by atoms with Crippen LogP contribution in [0.2, 0.25) is 0 Å². The summed E-state index contributed by atoms with van der Waals surface area (Å²) in [6, 6.07) is 4.75. The third-order valence-electron chi connectivity index (χ3n) is 4.57. The lowest BCUT2D eigenvalue weighted by atomic mass is 9.91. The Morgan fingerprint density at radius 3 is 2.41 bits per heavy atom. The number of alkyl carbamates (subject to hydrolysis) is 1.